The third-order valence-electron chi connectivity index (χ3n) is 5.41. The van der Waals surface area contributed by atoms with Gasteiger partial charge in [-0.05, 0) is 23.6 Å². The topological polar surface area (TPSA) is 120 Å². The summed E-state index contributed by atoms with van der Waals surface area (Å²) in [5, 5.41) is 28.9. The van der Waals surface area contributed by atoms with E-state index in [1.54, 1.807) is 38.1 Å². The van der Waals surface area contributed by atoms with Crippen molar-refractivity contribution in [2.24, 2.45) is 11.1 Å². The van der Waals surface area contributed by atoms with Crippen LogP contribution < -0.4 is 10.6 Å². The predicted octanol–water partition coefficient (Wildman–Crippen LogP) is 1.33. The predicted molar refractivity (Wildman–Crippen MR) is 122 cm³/mol. The number of rotatable bonds is 9. The summed E-state index contributed by atoms with van der Waals surface area (Å²) in [7, 11) is -1.71. The Bertz CT molecular complexity index is 945. The molecule has 8 nitrogen and oxygen atoms in total. The molecule has 168 valence electrons. The van der Waals surface area contributed by atoms with E-state index < -0.39 is 24.6 Å². The molecular weight excluding hydrogens is 409 g/mol. The van der Waals surface area contributed by atoms with E-state index in [-0.39, 0.29) is 31.2 Å². The Morgan fingerprint density at radius 2 is 1.72 bits per heavy atom. The zero-order valence-corrected chi connectivity index (χ0v) is 18.2. The van der Waals surface area contributed by atoms with Gasteiger partial charge in [0.25, 0.3) is 11.8 Å². The van der Waals surface area contributed by atoms with E-state index in [0.29, 0.717) is 11.3 Å². The van der Waals surface area contributed by atoms with Crippen molar-refractivity contribution in [3.05, 3.63) is 71.8 Å². The molecule has 0 aromatic heterocycles. The number of hydrogen-bond acceptors (Lipinski definition) is 6. The lowest BCUT2D eigenvalue weighted by Crippen LogP contribution is -2.57. The third kappa shape index (κ3) is 5.75. The highest BCUT2D eigenvalue weighted by Gasteiger charge is 2.48. The molecule has 3 rings (SSSR count). The van der Waals surface area contributed by atoms with Crippen molar-refractivity contribution in [2.45, 2.75) is 38.2 Å². The smallest absolute Gasteiger partial charge is 0.426 e. The highest BCUT2D eigenvalue weighted by molar-refractivity contribution is 6.43. The van der Waals surface area contributed by atoms with Gasteiger partial charge in [0.15, 0.2) is 0 Å². The van der Waals surface area contributed by atoms with Crippen LogP contribution in [-0.2, 0) is 16.1 Å². The van der Waals surface area contributed by atoms with Crippen molar-refractivity contribution < 1.29 is 24.5 Å². The Morgan fingerprint density at radius 1 is 1.09 bits per heavy atom. The molecule has 2 aromatic rings. The minimum absolute atomic E-state index is 0.133. The van der Waals surface area contributed by atoms with Crippen LogP contribution in [-0.4, -0.2) is 52.8 Å². The number of oxime groups is 1. The molecule has 0 aliphatic carbocycles. The van der Waals surface area contributed by atoms with Gasteiger partial charge >= 0.3 is 7.12 Å². The minimum Gasteiger partial charge on any atom is -0.426 e. The maximum Gasteiger partial charge on any atom is 0.475 e. The largest absolute Gasteiger partial charge is 0.475 e. The lowest BCUT2D eigenvalue weighted by atomic mass is 9.72. The first kappa shape index (κ1) is 23.5. The maximum absolute atomic E-state index is 13.3. The fraction of sp³-hybridized carbons (Fsp3) is 0.348. The van der Waals surface area contributed by atoms with Crippen LogP contribution in [0.3, 0.4) is 0 Å². The molecule has 0 saturated carbocycles. The van der Waals surface area contributed by atoms with Crippen molar-refractivity contribution in [1.82, 2.24) is 10.6 Å². The number of nitrogens with zero attached hydrogens (tertiary/aromatic N) is 1. The van der Waals surface area contributed by atoms with E-state index in [2.05, 4.69) is 15.8 Å². The van der Waals surface area contributed by atoms with Crippen molar-refractivity contribution in [3.63, 3.8) is 0 Å². The summed E-state index contributed by atoms with van der Waals surface area (Å²) in [6, 6.07) is 18.2. The van der Waals surface area contributed by atoms with Crippen LogP contribution in [0.4, 0.5) is 0 Å². The lowest BCUT2D eigenvalue weighted by molar-refractivity contribution is -0.144. The highest BCUT2D eigenvalue weighted by atomic mass is 16.7. The van der Waals surface area contributed by atoms with E-state index >= 15 is 0 Å². The third-order valence-corrected chi connectivity index (χ3v) is 5.41. The quantitative estimate of drug-likeness (QED) is 0.441. The molecule has 2 unspecified atom stereocenters. The molecular formula is C23H28BN3O5. The minimum atomic E-state index is -1.71. The molecule has 0 radical (unpaired) electrons. The Hall–Kier alpha value is -3.17. The first-order valence-corrected chi connectivity index (χ1v) is 10.6. The maximum atomic E-state index is 13.3. The van der Waals surface area contributed by atoms with Gasteiger partial charge in [0, 0.05) is 18.4 Å². The van der Waals surface area contributed by atoms with Gasteiger partial charge in [0.2, 0.25) is 5.60 Å². The van der Waals surface area contributed by atoms with Gasteiger partial charge in [0.05, 0.1) is 18.2 Å². The average Bonchev–Trinajstić information content (AvgIpc) is 3.20. The SMILES string of the molecule is CC(C)C(NC(=O)C1(Cc2ccccc2)CC(CNC(=O)c2ccccc2)=NO1)B(O)O. The molecule has 2 atom stereocenters. The summed E-state index contributed by atoms with van der Waals surface area (Å²) in [6.07, 6.45) is 0.404. The van der Waals surface area contributed by atoms with Crippen LogP contribution in [0.25, 0.3) is 0 Å². The summed E-state index contributed by atoms with van der Waals surface area (Å²) in [5.74, 6) is -1.80. The molecule has 1 aliphatic heterocycles. The standard InChI is InChI=1S/C23H28BN3O5/c1-16(2)20(24(30)31)26-22(29)23(13-17-9-5-3-6-10-17)14-19(27-32-23)15-25-21(28)18-11-7-4-8-12-18/h3-12,16,20,30-31H,13-15H2,1-2H3,(H,25,28)(H,26,29). The molecule has 0 spiro atoms. The van der Waals surface area contributed by atoms with Crippen molar-refractivity contribution >= 4 is 24.6 Å². The van der Waals surface area contributed by atoms with Gasteiger partial charge in [0.1, 0.15) is 0 Å². The molecule has 4 N–H and O–H groups in total. The van der Waals surface area contributed by atoms with Gasteiger partial charge < -0.3 is 25.5 Å². The van der Waals surface area contributed by atoms with Gasteiger partial charge in [-0.1, -0.05) is 67.5 Å². The number of carbonyl (C=O) groups excluding carboxylic acids is 2. The summed E-state index contributed by atoms with van der Waals surface area (Å²) in [6.45, 7) is 3.70. The first-order valence-electron chi connectivity index (χ1n) is 10.6. The van der Waals surface area contributed by atoms with Gasteiger partial charge in [-0.25, -0.2) is 0 Å². The Morgan fingerprint density at radius 3 is 2.31 bits per heavy atom. The monoisotopic (exact) mass is 437 g/mol. The number of hydrogen-bond donors (Lipinski definition) is 4. The molecule has 0 bridgehead atoms. The van der Waals surface area contributed by atoms with Crippen LogP contribution in [0.1, 0.15) is 36.2 Å². The number of benzene rings is 2. The summed E-state index contributed by atoms with van der Waals surface area (Å²) < 4.78 is 0. The Kier molecular flexibility index (Phi) is 7.66. The molecule has 2 aromatic carbocycles. The lowest BCUT2D eigenvalue weighted by Gasteiger charge is -2.29. The van der Waals surface area contributed by atoms with E-state index in [1.165, 1.54) is 0 Å². The van der Waals surface area contributed by atoms with E-state index in [9.17, 15) is 19.6 Å². The van der Waals surface area contributed by atoms with Crippen molar-refractivity contribution in [3.8, 4) is 0 Å². The first-order chi connectivity index (χ1) is 15.3. The van der Waals surface area contributed by atoms with E-state index in [0.717, 1.165) is 5.56 Å². The van der Waals surface area contributed by atoms with Crippen LogP contribution in [0.5, 0.6) is 0 Å². The van der Waals surface area contributed by atoms with Crippen molar-refractivity contribution in [2.75, 3.05) is 6.54 Å². The van der Waals surface area contributed by atoms with E-state index in [1.807, 2.05) is 36.4 Å². The molecule has 32 heavy (non-hydrogen) atoms. The normalized spacial score (nSPS) is 18.5. The number of nitrogens with one attached hydrogen (secondary N) is 2. The fourth-order valence-electron chi connectivity index (χ4n) is 3.61. The van der Waals surface area contributed by atoms with Gasteiger partial charge in [-0.15, -0.1) is 0 Å². The van der Waals surface area contributed by atoms with Crippen LogP contribution in [0, 0.1) is 5.92 Å². The fourth-order valence-corrected chi connectivity index (χ4v) is 3.61. The molecule has 0 saturated heterocycles. The average molecular weight is 437 g/mol. The van der Waals surface area contributed by atoms with E-state index in [4.69, 9.17) is 4.84 Å². The zero-order valence-electron chi connectivity index (χ0n) is 18.2. The van der Waals surface area contributed by atoms with Crippen LogP contribution in [0.2, 0.25) is 0 Å². The molecule has 1 aliphatic rings. The second-order valence-corrected chi connectivity index (χ2v) is 8.29. The molecule has 2 amide bonds. The highest BCUT2D eigenvalue weighted by Crippen LogP contribution is 2.29. The van der Waals surface area contributed by atoms with Gasteiger partial charge in [-0.2, -0.15) is 0 Å². The Balaban J connectivity index is 1.73. The second-order valence-electron chi connectivity index (χ2n) is 8.29. The van der Waals surface area contributed by atoms with Gasteiger partial charge in [-0.3, -0.25) is 9.59 Å². The number of amides is 2. The Labute approximate surface area is 187 Å². The summed E-state index contributed by atoms with van der Waals surface area (Å²) in [5.41, 5.74) is 0.567. The van der Waals surface area contributed by atoms with Crippen LogP contribution in [0.15, 0.2) is 65.8 Å². The molecule has 1 heterocycles. The second kappa shape index (κ2) is 10.4. The van der Waals surface area contributed by atoms with Crippen molar-refractivity contribution in [1.29, 1.82) is 0 Å². The number of carbonyl (C=O) groups is 2. The van der Waals surface area contributed by atoms with Crippen LogP contribution >= 0.6 is 0 Å². The summed E-state index contributed by atoms with van der Waals surface area (Å²) >= 11 is 0. The zero-order chi connectivity index (χ0) is 23.1. The molecule has 9 heteroatoms. The molecule has 0 fully saturated rings. The summed E-state index contributed by atoms with van der Waals surface area (Å²) in [4.78, 5) is 31.3.